The number of benzene rings is 1. The fourth-order valence-electron chi connectivity index (χ4n) is 1.62. The molecule has 0 aliphatic rings. The van der Waals surface area contributed by atoms with Crippen LogP contribution in [0.4, 0.5) is 5.69 Å². The van der Waals surface area contributed by atoms with Gasteiger partial charge in [0, 0.05) is 6.07 Å². The van der Waals surface area contributed by atoms with Crippen LogP contribution in [-0.4, -0.2) is 28.9 Å². The molecular weight excluding hydrogens is 382 g/mol. The Morgan fingerprint density at radius 2 is 2.12 bits per heavy atom. The lowest BCUT2D eigenvalue weighted by molar-refractivity contribution is -0.385. The van der Waals surface area contributed by atoms with E-state index < -0.39 is 28.9 Å². The van der Waals surface area contributed by atoms with E-state index in [1.165, 1.54) is 12.1 Å². The first-order valence-corrected chi connectivity index (χ1v) is 7.73. The zero-order valence-electron chi connectivity index (χ0n) is 13.3. The van der Waals surface area contributed by atoms with Crippen molar-refractivity contribution in [3.63, 3.8) is 0 Å². The number of nitro benzene ring substituents is 1. The molecule has 9 heteroatoms. The molecule has 128 valence electrons. The van der Waals surface area contributed by atoms with E-state index in [1.807, 2.05) is 6.07 Å². The molecule has 24 heavy (non-hydrogen) atoms. The summed E-state index contributed by atoms with van der Waals surface area (Å²) in [6.07, 6.45) is 0. The predicted octanol–water partition coefficient (Wildman–Crippen LogP) is 2.57. The number of nitrogens with one attached hydrogen (secondary N) is 1. The van der Waals surface area contributed by atoms with Crippen molar-refractivity contribution in [2.24, 2.45) is 5.92 Å². The van der Waals surface area contributed by atoms with Crippen molar-refractivity contribution < 1.29 is 19.2 Å². The largest absolute Gasteiger partial charge is 0.452 e. The Balaban J connectivity index is 2.73. The zero-order valence-corrected chi connectivity index (χ0v) is 14.9. The number of hydrogen-bond acceptors (Lipinski definition) is 6. The number of hydrogen-bond donors (Lipinski definition) is 1. The van der Waals surface area contributed by atoms with Gasteiger partial charge in [0.2, 0.25) is 0 Å². The van der Waals surface area contributed by atoms with Gasteiger partial charge >= 0.3 is 5.97 Å². The van der Waals surface area contributed by atoms with Crippen LogP contribution in [0.1, 0.15) is 31.1 Å². The molecule has 0 fully saturated rings. The third kappa shape index (κ3) is 4.76. The molecule has 0 aliphatic heterocycles. The average molecular weight is 398 g/mol. The molecular formula is C15H16BrN3O5. The van der Waals surface area contributed by atoms with Gasteiger partial charge in [0.15, 0.2) is 6.61 Å². The van der Waals surface area contributed by atoms with Crippen molar-refractivity contribution in [1.29, 1.82) is 5.26 Å². The summed E-state index contributed by atoms with van der Waals surface area (Å²) in [5, 5.41) is 22.5. The Bertz CT molecular complexity index is 714. The van der Waals surface area contributed by atoms with E-state index in [0.29, 0.717) is 0 Å². The molecule has 0 bridgehead atoms. The van der Waals surface area contributed by atoms with E-state index in [2.05, 4.69) is 21.2 Å². The smallest absolute Gasteiger partial charge is 0.338 e. The molecule has 8 nitrogen and oxygen atoms in total. The van der Waals surface area contributed by atoms with Gasteiger partial charge in [-0.05, 0) is 40.9 Å². The van der Waals surface area contributed by atoms with Crippen LogP contribution in [0.15, 0.2) is 22.7 Å². The van der Waals surface area contributed by atoms with Gasteiger partial charge in [-0.2, -0.15) is 5.26 Å². The first-order chi connectivity index (χ1) is 11.1. The number of esters is 1. The number of nitrogens with zero attached hydrogens (tertiary/aromatic N) is 2. The van der Waals surface area contributed by atoms with Crippen LogP contribution in [0, 0.1) is 27.4 Å². The predicted molar refractivity (Wildman–Crippen MR) is 88.1 cm³/mol. The van der Waals surface area contributed by atoms with E-state index in [9.17, 15) is 19.7 Å². The molecule has 0 aromatic heterocycles. The highest BCUT2D eigenvalue weighted by atomic mass is 79.9. The second-order valence-corrected chi connectivity index (χ2v) is 6.37. The minimum atomic E-state index is -1.08. The summed E-state index contributed by atoms with van der Waals surface area (Å²) in [6, 6.07) is 5.74. The number of amides is 1. The van der Waals surface area contributed by atoms with Gasteiger partial charge in [-0.1, -0.05) is 13.8 Å². The first kappa shape index (κ1) is 19.6. The molecule has 0 radical (unpaired) electrons. The molecule has 0 saturated carbocycles. The quantitative estimate of drug-likeness (QED) is 0.446. The summed E-state index contributed by atoms with van der Waals surface area (Å²) < 4.78 is 5.06. The molecule has 1 rings (SSSR count). The number of halogens is 1. The molecule has 1 aromatic rings. The average Bonchev–Trinajstić information content (AvgIpc) is 2.52. The van der Waals surface area contributed by atoms with Crippen molar-refractivity contribution >= 4 is 33.5 Å². The van der Waals surface area contributed by atoms with Gasteiger partial charge < -0.3 is 10.1 Å². The number of nitriles is 1. The molecule has 1 N–H and O–H groups in total. The SMILES string of the molecule is CC(C)[C@@](C)(C#N)NC(=O)COC(=O)c1ccc(Br)c([N+](=O)[O-])c1. The minimum Gasteiger partial charge on any atom is -0.452 e. The molecule has 0 heterocycles. The fraction of sp³-hybridized carbons (Fsp3) is 0.400. The molecule has 0 unspecified atom stereocenters. The Labute approximate surface area is 147 Å². The highest BCUT2D eigenvalue weighted by Crippen LogP contribution is 2.25. The summed E-state index contributed by atoms with van der Waals surface area (Å²) in [4.78, 5) is 33.9. The first-order valence-electron chi connectivity index (χ1n) is 6.94. The van der Waals surface area contributed by atoms with Crippen LogP contribution in [0.2, 0.25) is 0 Å². The van der Waals surface area contributed by atoms with Crippen molar-refractivity contribution in [1.82, 2.24) is 5.32 Å². The van der Waals surface area contributed by atoms with Gasteiger partial charge in [-0.25, -0.2) is 4.79 Å². The molecule has 1 amide bonds. The number of carbonyl (C=O) groups is 2. The minimum absolute atomic E-state index is 0.0513. The summed E-state index contributed by atoms with van der Waals surface area (Å²) in [6.45, 7) is 4.52. The summed E-state index contributed by atoms with van der Waals surface area (Å²) in [5.41, 5.74) is -1.42. The Hall–Kier alpha value is -2.47. The molecule has 1 atom stereocenters. The third-order valence-electron chi connectivity index (χ3n) is 3.50. The zero-order chi connectivity index (χ0) is 18.5. The lowest BCUT2D eigenvalue weighted by Crippen LogP contribution is -2.50. The second-order valence-electron chi connectivity index (χ2n) is 5.52. The monoisotopic (exact) mass is 397 g/mol. The number of carbonyl (C=O) groups excluding carboxylic acids is 2. The lowest BCUT2D eigenvalue weighted by Gasteiger charge is -2.27. The topological polar surface area (TPSA) is 122 Å². The van der Waals surface area contributed by atoms with E-state index in [0.717, 1.165) is 6.07 Å². The Kier molecular flexibility index (Phi) is 6.42. The van der Waals surface area contributed by atoms with Crippen LogP contribution >= 0.6 is 15.9 Å². The van der Waals surface area contributed by atoms with Crippen LogP contribution in [-0.2, 0) is 9.53 Å². The maximum atomic E-state index is 11.9. The van der Waals surface area contributed by atoms with Crippen molar-refractivity contribution in [2.45, 2.75) is 26.3 Å². The van der Waals surface area contributed by atoms with E-state index in [4.69, 9.17) is 10.00 Å². The lowest BCUT2D eigenvalue weighted by atomic mass is 9.90. The van der Waals surface area contributed by atoms with Gasteiger partial charge in [-0.3, -0.25) is 14.9 Å². The van der Waals surface area contributed by atoms with Crippen LogP contribution in [0.25, 0.3) is 0 Å². The van der Waals surface area contributed by atoms with Gasteiger partial charge in [0.25, 0.3) is 11.6 Å². The highest BCUT2D eigenvalue weighted by Gasteiger charge is 2.30. The summed E-state index contributed by atoms with van der Waals surface area (Å²) >= 11 is 3.01. The summed E-state index contributed by atoms with van der Waals surface area (Å²) in [5.74, 6) is -1.65. The highest BCUT2D eigenvalue weighted by molar-refractivity contribution is 9.10. The Morgan fingerprint density at radius 1 is 1.50 bits per heavy atom. The standard InChI is InChI=1S/C15H16BrN3O5/c1-9(2)15(3,8-17)18-13(20)7-24-14(21)10-4-5-11(16)12(6-10)19(22)23/h4-6,9H,7H2,1-3H3,(H,18,20)/t15-/m1/s1. The van der Waals surface area contributed by atoms with E-state index in [1.54, 1.807) is 20.8 Å². The molecule has 1 aromatic carbocycles. The number of ether oxygens (including phenoxy) is 1. The third-order valence-corrected chi connectivity index (χ3v) is 4.17. The normalized spacial score (nSPS) is 12.8. The van der Waals surface area contributed by atoms with Gasteiger partial charge in [0.1, 0.15) is 5.54 Å². The van der Waals surface area contributed by atoms with Crippen LogP contribution in [0.3, 0.4) is 0 Å². The van der Waals surface area contributed by atoms with Gasteiger partial charge in [-0.15, -0.1) is 0 Å². The molecule has 0 aliphatic carbocycles. The Morgan fingerprint density at radius 3 is 2.62 bits per heavy atom. The maximum Gasteiger partial charge on any atom is 0.338 e. The molecule has 0 saturated heterocycles. The number of rotatable bonds is 6. The van der Waals surface area contributed by atoms with Crippen LogP contribution < -0.4 is 5.32 Å². The van der Waals surface area contributed by atoms with Crippen molar-refractivity contribution in [3.8, 4) is 6.07 Å². The van der Waals surface area contributed by atoms with Crippen LogP contribution in [0.5, 0.6) is 0 Å². The number of nitro groups is 1. The van der Waals surface area contributed by atoms with Gasteiger partial charge in [0.05, 0.1) is 21.0 Å². The van der Waals surface area contributed by atoms with E-state index in [-0.39, 0.29) is 21.6 Å². The van der Waals surface area contributed by atoms with Crippen molar-refractivity contribution in [2.75, 3.05) is 6.61 Å². The van der Waals surface area contributed by atoms with Crippen molar-refractivity contribution in [3.05, 3.63) is 38.3 Å². The van der Waals surface area contributed by atoms with E-state index >= 15 is 0 Å². The fourth-order valence-corrected chi connectivity index (χ4v) is 2.01. The maximum absolute atomic E-state index is 11.9. The second kappa shape index (κ2) is 7.88. The molecule has 0 spiro atoms. The summed E-state index contributed by atoms with van der Waals surface area (Å²) in [7, 11) is 0.